The number of carbonyl (C=O) groups excluding carboxylic acids is 1. The molecule has 2 aromatic heterocycles. The second-order valence-corrected chi connectivity index (χ2v) is 7.62. The second kappa shape index (κ2) is 6.68. The lowest BCUT2D eigenvalue weighted by Gasteiger charge is -2.34. The Morgan fingerprint density at radius 3 is 2.88 bits per heavy atom. The molecule has 1 saturated heterocycles. The second-order valence-electron chi connectivity index (χ2n) is 6.53. The summed E-state index contributed by atoms with van der Waals surface area (Å²) in [4.78, 5) is 27.3. The summed E-state index contributed by atoms with van der Waals surface area (Å²) in [5.74, 6) is 1.17. The van der Waals surface area contributed by atoms with Crippen LogP contribution in [0.1, 0.15) is 16.9 Å². The molecule has 0 spiro atoms. The first-order valence-electron chi connectivity index (χ1n) is 8.69. The highest BCUT2D eigenvalue weighted by Crippen LogP contribution is 2.38. The Balaban J connectivity index is 1.37. The standard InChI is InChI=1S/C16H22BN5OS/c17-16(23)22-8-6-21(7-9-22)5-4-18-14-13-11-2-1-3-12(11)24-15(13)20-10-19-14/h10H,1-9,17H2,(H,18,19,20). The quantitative estimate of drug-likeness (QED) is 0.838. The van der Waals surface area contributed by atoms with Crippen molar-refractivity contribution in [3.8, 4) is 0 Å². The molecule has 126 valence electrons. The predicted molar refractivity (Wildman–Crippen MR) is 99.9 cm³/mol. The zero-order valence-corrected chi connectivity index (χ0v) is 14.9. The van der Waals surface area contributed by atoms with Gasteiger partial charge in [-0.25, -0.2) is 9.97 Å². The van der Waals surface area contributed by atoms with E-state index in [-0.39, 0.29) is 5.81 Å². The van der Waals surface area contributed by atoms with Gasteiger partial charge in [0, 0.05) is 44.1 Å². The molecule has 2 aliphatic rings. The van der Waals surface area contributed by atoms with Crippen molar-refractivity contribution < 1.29 is 4.79 Å². The number of fused-ring (bicyclic) bond motifs is 3. The monoisotopic (exact) mass is 343 g/mol. The molecule has 24 heavy (non-hydrogen) atoms. The van der Waals surface area contributed by atoms with Crippen LogP contribution < -0.4 is 5.32 Å². The molecular formula is C16H22BN5OS. The number of thiophene rings is 1. The molecule has 8 heteroatoms. The zero-order chi connectivity index (χ0) is 16.5. The highest BCUT2D eigenvalue weighted by molar-refractivity contribution is 7.19. The molecule has 0 bridgehead atoms. The lowest BCUT2D eigenvalue weighted by molar-refractivity contribution is 0.156. The maximum Gasteiger partial charge on any atom is 0.215 e. The van der Waals surface area contributed by atoms with E-state index in [1.54, 1.807) is 14.2 Å². The summed E-state index contributed by atoms with van der Waals surface area (Å²) >= 11 is 1.83. The lowest BCUT2D eigenvalue weighted by atomic mass is 10.1. The molecule has 1 amide bonds. The van der Waals surface area contributed by atoms with Crippen LogP contribution in [0.2, 0.25) is 0 Å². The van der Waals surface area contributed by atoms with Crippen molar-refractivity contribution >= 4 is 41.0 Å². The van der Waals surface area contributed by atoms with E-state index < -0.39 is 0 Å². The van der Waals surface area contributed by atoms with Gasteiger partial charge in [0.05, 0.1) is 5.39 Å². The van der Waals surface area contributed by atoms with Crippen molar-refractivity contribution in [1.82, 2.24) is 19.8 Å². The molecule has 1 aliphatic heterocycles. The topological polar surface area (TPSA) is 61.4 Å². The Labute approximate surface area is 146 Å². The third-order valence-corrected chi connectivity index (χ3v) is 6.24. The Bertz CT molecular complexity index is 756. The molecular weight excluding hydrogens is 321 g/mol. The minimum Gasteiger partial charge on any atom is -0.368 e. The molecule has 0 atom stereocenters. The van der Waals surface area contributed by atoms with E-state index in [1.807, 2.05) is 16.2 Å². The fraction of sp³-hybridized carbons (Fsp3) is 0.562. The number of nitrogens with one attached hydrogen (secondary N) is 1. The van der Waals surface area contributed by atoms with Crippen molar-refractivity contribution in [2.24, 2.45) is 0 Å². The molecule has 0 radical (unpaired) electrons. The summed E-state index contributed by atoms with van der Waals surface area (Å²) in [6, 6.07) is 0. The maximum absolute atomic E-state index is 11.4. The van der Waals surface area contributed by atoms with Gasteiger partial charge >= 0.3 is 0 Å². The number of rotatable bonds is 4. The Kier molecular flexibility index (Phi) is 4.41. The smallest absolute Gasteiger partial charge is 0.215 e. The van der Waals surface area contributed by atoms with Crippen LogP contribution in [-0.2, 0) is 12.8 Å². The molecule has 4 rings (SSSR count). The first kappa shape index (κ1) is 15.8. The number of carbonyl (C=O) groups is 1. The molecule has 6 nitrogen and oxygen atoms in total. The van der Waals surface area contributed by atoms with Gasteiger partial charge in [0.15, 0.2) is 5.81 Å². The van der Waals surface area contributed by atoms with Crippen LogP contribution in [0.15, 0.2) is 6.33 Å². The van der Waals surface area contributed by atoms with Gasteiger partial charge in [0.2, 0.25) is 7.85 Å². The largest absolute Gasteiger partial charge is 0.368 e. The van der Waals surface area contributed by atoms with Gasteiger partial charge in [-0.2, -0.15) is 0 Å². The third-order valence-electron chi connectivity index (χ3n) is 5.04. The van der Waals surface area contributed by atoms with Gasteiger partial charge in [-0.05, 0) is 24.8 Å². The summed E-state index contributed by atoms with van der Waals surface area (Å²) in [6.07, 6.45) is 5.27. The molecule has 0 unspecified atom stereocenters. The molecule has 1 fully saturated rings. The van der Waals surface area contributed by atoms with Crippen LogP contribution in [0.4, 0.5) is 10.6 Å². The van der Waals surface area contributed by atoms with Gasteiger partial charge in [-0.1, -0.05) is 0 Å². The van der Waals surface area contributed by atoms with E-state index in [1.165, 1.54) is 28.7 Å². The summed E-state index contributed by atoms with van der Waals surface area (Å²) in [6.45, 7) is 5.43. The fourth-order valence-electron chi connectivity index (χ4n) is 3.68. The first-order valence-corrected chi connectivity index (χ1v) is 9.51. The summed E-state index contributed by atoms with van der Waals surface area (Å²) < 4.78 is 0. The number of anilines is 1. The highest BCUT2D eigenvalue weighted by atomic mass is 32.1. The maximum atomic E-state index is 11.4. The van der Waals surface area contributed by atoms with Gasteiger partial charge in [0.25, 0.3) is 0 Å². The molecule has 0 aromatic carbocycles. The molecule has 1 N–H and O–H groups in total. The fourth-order valence-corrected chi connectivity index (χ4v) is 4.91. The van der Waals surface area contributed by atoms with Crippen molar-refractivity contribution in [3.63, 3.8) is 0 Å². The van der Waals surface area contributed by atoms with Crippen LogP contribution >= 0.6 is 11.3 Å². The van der Waals surface area contributed by atoms with E-state index in [2.05, 4.69) is 20.2 Å². The van der Waals surface area contributed by atoms with E-state index in [0.29, 0.717) is 0 Å². The van der Waals surface area contributed by atoms with E-state index >= 15 is 0 Å². The van der Waals surface area contributed by atoms with Crippen molar-refractivity contribution in [2.75, 3.05) is 44.6 Å². The van der Waals surface area contributed by atoms with Crippen molar-refractivity contribution in [2.45, 2.75) is 19.3 Å². The van der Waals surface area contributed by atoms with E-state index in [9.17, 15) is 4.79 Å². The summed E-state index contributed by atoms with van der Waals surface area (Å²) in [5.41, 5.74) is 1.47. The number of hydrogen-bond donors (Lipinski definition) is 1. The first-order chi connectivity index (χ1) is 11.7. The van der Waals surface area contributed by atoms with Gasteiger partial charge in [0.1, 0.15) is 17.0 Å². The van der Waals surface area contributed by atoms with Crippen LogP contribution in [0.3, 0.4) is 0 Å². The van der Waals surface area contributed by atoms with Crippen LogP contribution in [0.25, 0.3) is 10.2 Å². The van der Waals surface area contributed by atoms with Crippen LogP contribution in [-0.4, -0.2) is 72.7 Å². The number of aryl methyl sites for hydroxylation is 2. The lowest BCUT2D eigenvalue weighted by Crippen LogP contribution is -2.49. The predicted octanol–water partition coefficient (Wildman–Crippen LogP) is 0.963. The number of hydrogen-bond acceptors (Lipinski definition) is 6. The summed E-state index contributed by atoms with van der Waals surface area (Å²) in [5, 5.41) is 4.76. The van der Waals surface area contributed by atoms with E-state index in [4.69, 9.17) is 0 Å². The summed E-state index contributed by atoms with van der Waals surface area (Å²) in [7, 11) is 1.65. The minimum absolute atomic E-state index is 0.183. The van der Waals surface area contributed by atoms with E-state index in [0.717, 1.165) is 56.3 Å². The molecule has 1 aliphatic carbocycles. The van der Waals surface area contributed by atoms with Gasteiger partial charge in [-0.15, -0.1) is 11.3 Å². The molecule has 0 saturated carbocycles. The Morgan fingerprint density at radius 1 is 1.25 bits per heavy atom. The third kappa shape index (κ3) is 3.00. The van der Waals surface area contributed by atoms with Gasteiger partial charge < -0.3 is 10.2 Å². The SMILES string of the molecule is BC(=O)N1CCN(CCNc2ncnc3sc4c(c23)CCC4)CC1. The van der Waals surface area contributed by atoms with Crippen molar-refractivity contribution in [3.05, 3.63) is 16.8 Å². The van der Waals surface area contributed by atoms with Crippen LogP contribution in [0.5, 0.6) is 0 Å². The highest BCUT2D eigenvalue weighted by Gasteiger charge is 2.21. The number of amides is 1. The molecule has 3 heterocycles. The normalized spacial score (nSPS) is 18.1. The van der Waals surface area contributed by atoms with Crippen LogP contribution in [0, 0.1) is 0 Å². The zero-order valence-electron chi connectivity index (χ0n) is 14.0. The average Bonchev–Trinajstić information content (AvgIpc) is 3.16. The van der Waals surface area contributed by atoms with Gasteiger partial charge in [-0.3, -0.25) is 9.69 Å². The Hall–Kier alpha value is -1.67. The average molecular weight is 343 g/mol. The molecule has 2 aromatic rings. The number of piperazine rings is 1. The Morgan fingerprint density at radius 2 is 2.08 bits per heavy atom. The minimum atomic E-state index is 0.183. The number of nitrogens with zero attached hydrogens (tertiary/aromatic N) is 4. The van der Waals surface area contributed by atoms with Crippen molar-refractivity contribution in [1.29, 1.82) is 0 Å². The number of aromatic nitrogens is 2.